The van der Waals surface area contributed by atoms with Gasteiger partial charge in [0.2, 0.25) is 0 Å². The zero-order valence-electron chi connectivity index (χ0n) is 16.3. The van der Waals surface area contributed by atoms with Crippen LogP contribution in [0, 0.1) is 5.41 Å². The number of rotatable bonds is 6. The summed E-state index contributed by atoms with van der Waals surface area (Å²) < 4.78 is 10.8. The van der Waals surface area contributed by atoms with Gasteiger partial charge >= 0.3 is 6.03 Å². The number of urea groups is 1. The number of morpholine rings is 1. The Morgan fingerprint density at radius 3 is 2.85 bits per heavy atom. The zero-order chi connectivity index (χ0) is 18.7. The molecule has 2 saturated heterocycles. The van der Waals surface area contributed by atoms with E-state index in [1.807, 2.05) is 17.0 Å². The molecule has 0 aromatic heterocycles. The predicted octanol–water partition coefficient (Wildman–Crippen LogP) is 2.65. The SMILES string of the molecule is COc1cccc([C@H]2CCCN2C(=O)NCC2(CN3CCOCC3)CC2)c1. The Hall–Kier alpha value is -1.79. The van der Waals surface area contributed by atoms with Crippen LogP contribution < -0.4 is 10.1 Å². The highest BCUT2D eigenvalue weighted by Crippen LogP contribution is 2.46. The molecule has 1 saturated carbocycles. The van der Waals surface area contributed by atoms with Gasteiger partial charge in [0.25, 0.3) is 0 Å². The molecule has 2 amide bonds. The number of carbonyl (C=O) groups excluding carboxylic acids is 1. The summed E-state index contributed by atoms with van der Waals surface area (Å²) in [4.78, 5) is 17.4. The lowest BCUT2D eigenvalue weighted by atomic mass is 10.0. The minimum atomic E-state index is 0.0774. The standard InChI is InChI=1S/C21H31N3O3/c1-26-18-5-2-4-17(14-18)19-6-3-9-24(19)20(25)22-15-21(7-8-21)16-23-10-12-27-13-11-23/h2,4-5,14,19H,3,6-13,15-16H2,1H3,(H,22,25)/t19-/m1/s1. The molecule has 1 aromatic rings. The molecule has 3 fully saturated rings. The number of amides is 2. The lowest BCUT2D eigenvalue weighted by molar-refractivity contribution is 0.0284. The maximum Gasteiger partial charge on any atom is 0.317 e. The van der Waals surface area contributed by atoms with Gasteiger partial charge in [-0.1, -0.05) is 12.1 Å². The van der Waals surface area contributed by atoms with E-state index in [1.54, 1.807) is 7.11 Å². The second kappa shape index (κ2) is 8.07. The summed E-state index contributed by atoms with van der Waals surface area (Å²) in [5.74, 6) is 0.849. The summed E-state index contributed by atoms with van der Waals surface area (Å²) in [6.07, 6.45) is 4.49. The number of benzene rings is 1. The lowest BCUT2D eigenvalue weighted by Crippen LogP contribution is -2.46. The number of ether oxygens (including phenoxy) is 2. The summed E-state index contributed by atoms with van der Waals surface area (Å²) in [7, 11) is 1.68. The van der Waals surface area contributed by atoms with Crippen molar-refractivity contribution < 1.29 is 14.3 Å². The highest BCUT2D eigenvalue weighted by atomic mass is 16.5. The lowest BCUT2D eigenvalue weighted by Gasteiger charge is -2.31. The van der Waals surface area contributed by atoms with Gasteiger partial charge in [-0.2, -0.15) is 0 Å². The van der Waals surface area contributed by atoms with Crippen LogP contribution in [0.4, 0.5) is 4.79 Å². The first kappa shape index (κ1) is 18.6. The van der Waals surface area contributed by atoms with Crippen molar-refractivity contribution in [3.8, 4) is 5.75 Å². The third-order valence-corrected chi connectivity index (χ3v) is 6.23. The zero-order valence-corrected chi connectivity index (χ0v) is 16.3. The van der Waals surface area contributed by atoms with Crippen molar-refractivity contribution in [2.75, 3.05) is 53.0 Å². The van der Waals surface area contributed by atoms with Crippen LogP contribution in [0.1, 0.15) is 37.3 Å². The van der Waals surface area contributed by atoms with Crippen LogP contribution in [0.15, 0.2) is 24.3 Å². The van der Waals surface area contributed by atoms with Crippen molar-refractivity contribution in [3.05, 3.63) is 29.8 Å². The molecule has 0 radical (unpaired) electrons. The van der Waals surface area contributed by atoms with E-state index in [4.69, 9.17) is 9.47 Å². The van der Waals surface area contributed by atoms with Crippen LogP contribution in [-0.4, -0.2) is 68.9 Å². The quantitative estimate of drug-likeness (QED) is 0.833. The second-order valence-electron chi connectivity index (χ2n) is 8.18. The van der Waals surface area contributed by atoms with Gasteiger partial charge in [0.15, 0.2) is 0 Å². The number of nitrogens with zero attached hydrogens (tertiary/aromatic N) is 2. The Morgan fingerprint density at radius 2 is 2.11 bits per heavy atom. The van der Waals surface area contributed by atoms with Crippen molar-refractivity contribution in [1.82, 2.24) is 15.1 Å². The smallest absolute Gasteiger partial charge is 0.317 e. The number of hydrogen-bond donors (Lipinski definition) is 1. The highest BCUT2D eigenvalue weighted by Gasteiger charge is 2.44. The molecule has 4 rings (SSSR count). The molecule has 27 heavy (non-hydrogen) atoms. The Morgan fingerprint density at radius 1 is 1.30 bits per heavy atom. The van der Waals surface area contributed by atoms with Crippen LogP contribution in [0.2, 0.25) is 0 Å². The predicted molar refractivity (Wildman–Crippen MR) is 104 cm³/mol. The van der Waals surface area contributed by atoms with Gasteiger partial charge in [0, 0.05) is 38.1 Å². The first-order valence-corrected chi connectivity index (χ1v) is 10.2. The van der Waals surface area contributed by atoms with Crippen molar-refractivity contribution in [2.24, 2.45) is 5.41 Å². The Balaban J connectivity index is 1.33. The third kappa shape index (κ3) is 4.38. The van der Waals surface area contributed by atoms with Crippen LogP contribution in [0.3, 0.4) is 0 Å². The highest BCUT2D eigenvalue weighted by molar-refractivity contribution is 5.75. The minimum Gasteiger partial charge on any atom is -0.497 e. The van der Waals surface area contributed by atoms with E-state index in [0.29, 0.717) is 0 Å². The Bertz CT molecular complexity index is 656. The average molecular weight is 373 g/mol. The fourth-order valence-corrected chi connectivity index (χ4v) is 4.37. The van der Waals surface area contributed by atoms with Crippen LogP contribution in [0.25, 0.3) is 0 Å². The maximum absolute atomic E-state index is 12.9. The Kier molecular flexibility index (Phi) is 5.55. The first-order chi connectivity index (χ1) is 13.2. The molecule has 0 bridgehead atoms. The summed E-state index contributed by atoms with van der Waals surface area (Å²) in [5.41, 5.74) is 1.44. The van der Waals surface area contributed by atoms with Gasteiger partial charge in [-0.25, -0.2) is 4.79 Å². The summed E-state index contributed by atoms with van der Waals surface area (Å²) in [6.45, 7) is 6.38. The van der Waals surface area contributed by atoms with E-state index in [9.17, 15) is 4.79 Å². The first-order valence-electron chi connectivity index (χ1n) is 10.2. The number of methoxy groups -OCH3 is 1. The van der Waals surface area contributed by atoms with E-state index >= 15 is 0 Å². The van der Waals surface area contributed by atoms with Crippen LogP contribution in [0.5, 0.6) is 5.75 Å². The molecule has 3 aliphatic rings. The van der Waals surface area contributed by atoms with Crippen LogP contribution in [-0.2, 0) is 4.74 Å². The monoisotopic (exact) mass is 373 g/mol. The second-order valence-corrected chi connectivity index (χ2v) is 8.18. The van der Waals surface area contributed by atoms with Crippen molar-refractivity contribution in [3.63, 3.8) is 0 Å². The maximum atomic E-state index is 12.9. The van der Waals surface area contributed by atoms with Crippen molar-refractivity contribution >= 4 is 6.03 Å². The Labute approximate surface area is 161 Å². The summed E-state index contributed by atoms with van der Waals surface area (Å²) in [5, 5.41) is 3.24. The number of likely N-dealkylation sites (tertiary alicyclic amines) is 1. The van der Waals surface area contributed by atoms with E-state index < -0.39 is 0 Å². The van der Waals surface area contributed by atoms with Gasteiger partial charge in [-0.15, -0.1) is 0 Å². The molecule has 6 heteroatoms. The molecule has 1 atom stereocenters. The van der Waals surface area contributed by atoms with E-state index in [-0.39, 0.29) is 17.5 Å². The molecule has 1 N–H and O–H groups in total. The van der Waals surface area contributed by atoms with Crippen molar-refractivity contribution in [1.29, 1.82) is 0 Å². The van der Waals surface area contributed by atoms with Gasteiger partial charge in [0.1, 0.15) is 5.75 Å². The molecular formula is C21H31N3O3. The summed E-state index contributed by atoms with van der Waals surface area (Å²) in [6, 6.07) is 8.33. The third-order valence-electron chi connectivity index (χ3n) is 6.23. The topological polar surface area (TPSA) is 54.0 Å². The molecule has 2 heterocycles. The molecular weight excluding hydrogens is 342 g/mol. The number of hydrogen-bond acceptors (Lipinski definition) is 4. The summed E-state index contributed by atoms with van der Waals surface area (Å²) >= 11 is 0. The van der Waals surface area contributed by atoms with Gasteiger partial charge in [-0.05, 0) is 43.4 Å². The molecule has 6 nitrogen and oxygen atoms in total. The van der Waals surface area contributed by atoms with E-state index in [1.165, 1.54) is 12.8 Å². The fraction of sp³-hybridized carbons (Fsp3) is 0.667. The molecule has 0 spiro atoms. The number of carbonyl (C=O) groups is 1. The van der Waals surface area contributed by atoms with Crippen LogP contribution >= 0.6 is 0 Å². The van der Waals surface area contributed by atoms with E-state index in [2.05, 4.69) is 22.3 Å². The molecule has 1 aliphatic carbocycles. The fourth-order valence-electron chi connectivity index (χ4n) is 4.37. The largest absolute Gasteiger partial charge is 0.497 e. The normalized spacial score (nSPS) is 24.6. The van der Waals surface area contributed by atoms with Crippen molar-refractivity contribution in [2.45, 2.75) is 31.7 Å². The average Bonchev–Trinajstić information content (AvgIpc) is 3.29. The van der Waals surface area contributed by atoms with Gasteiger partial charge in [-0.3, -0.25) is 4.90 Å². The minimum absolute atomic E-state index is 0.0774. The molecule has 0 unspecified atom stereocenters. The van der Waals surface area contributed by atoms with Gasteiger partial charge < -0.3 is 19.7 Å². The molecule has 1 aromatic carbocycles. The van der Waals surface area contributed by atoms with E-state index in [0.717, 1.165) is 70.1 Å². The van der Waals surface area contributed by atoms with Gasteiger partial charge in [0.05, 0.1) is 26.4 Å². The number of nitrogens with one attached hydrogen (secondary N) is 1. The molecule has 148 valence electrons. The molecule has 2 aliphatic heterocycles.